The van der Waals surface area contributed by atoms with E-state index in [9.17, 15) is 14.7 Å². The molecule has 0 saturated carbocycles. The van der Waals surface area contributed by atoms with Crippen molar-refractivity contribution < 1.29 is 19.8 Å². The lowest BCUT2D eigenvalue weighted by Crippen LogP contribution is -2.46. The van der Waals surface area contributed by atoms with E-state index in [-0.39, 0.29) is 12.2 Å². The second kappa shape index (κ2) is 4.99. The number of benzene rings is 1. The van der Waals surface area contributed by atoms with Crippen LogP contribution < -0.4 is 10.4 Å². The Morgan fingerprint density at radius 2 is 2.07 bits per heavy atom. The maximum atomic E-state index is 10.6. The van der Waals surface area contributed by atoms with Crippen LogP contribution >= 0.6 is 0 Å². The summed E-state index contributed by atoms with van der Waals surface area (Å²) in [4.78, 5) is 20.7. The number of hydrogen-bond acceptors (Lipinski definition) is 4. The largest absolute Gasteiger partial charge is 0.548 e. The van der Waals surface area contributed by atoms with Gasteiger partial charge in [-0.1, -0.05) is 12.1 Å². The molecule has 5 nitrogen and oxygen atoms in total. The Labute approximate surface area is 86.4 Å². The SMILES string of the molecule is O=CN[C@@H](Cc1ccc(O)cc1)C(=O)[O-]. The molecule has 1 aromatic rings. The number of amides is 1. The van der Waals surface area contributed by atoms with Crippen LogP contribution in [0.4, 0.5) is 0 Å². The Morgan fingerprint density at radius 1 is 1.47 bits per heavy atom. The Balaban J connectivity index is 2.69. The zero-order chi connectivity index (χ0) is 11.3. The van der Waals surface area contributed by atoms with E-state index < -0.39 is 12.0 Å². The van der Waals surface area contributed by atoms with Gasteiger partial charge in [0.2, 0.25) is 6.41 Å². The molecule has 15 heavy (non-hydrogen) atoms. The molecule has 5 heteroatoms. The van der Waals surface area contributed by atoms with Crippen molar-refractivity contribution in [3.05, 3.63) is 29.8 Å². The van der Waals surface area contributed by atoms with Crippen LogP contribution in [0.25, 0.3) is 0 Å². The number of carboxylic acid groups (broad SMARTS) is 1. The van der Waals surface area contributed by atoms with Crippen LogP contribution in [0.5, 0.6) is 5.75 Å². The molecule has 1 rings (SSSR count). The minimum atomic E-state index is -1.34. The highest BCUT2D eigenvalue weighted by Crippen LogP contribution is 2.10. The summed E-state index contributed by atoms with van der Waals surface area (Å²) >= 11 is 0. The highest BCUT2D eigenvalue weighted by atomic mass is 16.4. The average Bonchev–Trinajstić information content (AvgIpc) is 2.20. The maximum Gasteiger partial charge on any atom is 0.207 e. The Morgan fingerprint density at radius 3 is 2.53 bits per heavy atom. The molecule has 1 amide bonds. The predicted molar refractivity (Wildman–Crippen MR) is 49.8 cm³/mol. The van der Waals surface area contributed by atoms with Crippen LogP contribution in [0.2, 0.25) is 0 Å². The molecule has 1 atom stereocenters. The van der Waals surface area contributed by atoms with Crippen molar-refractivity contribution in [3.63, 3.8) is 0 Å². The molecule has 80 valence electrons. The third-order valence-corrected chi connectivity index (χ3v) is 1.93. The van der Waals surface area contributed by atoms with Gasteiger partial charge >= 0.3 is 0 Å². The molecule has 0 fully saturated rings. The Kier molecular flexibility index (Phi) is 3.68. The summed E-state index contributed by atoms with van der Waals surface area (Å²) in [6, 6.07) is 5.01. The first-order valence-electron chi connectivity index (χ1n) is 4.32. The van der Waals surface area contributed by atoms with Gasteiger partial charge in [0.25, 0.3) is 0 Å². The van der Waals surface area contributed by atoms with Gasteiger partial charge in [-0.3, -0.25) is 4.79 Å². The number of carboxylic acids is 1. The zero-order valence-corrected chi connectivity index (χ0v) is 7.84. The average molecular weight is 208 g/mol. The monoisotopic (exact) mass is 208 g/mol. The number of aromatic hydroxyl groups is 1. The quantitative estimate of drug-likeness (QED) is 0.595. The molecule has 0 unspecified atom stereocenters. The molecule has 0 aliphatic carbocycles. The van der Waals surface area contributed by atoms with Gasteiger partial charge in [0, 0.05) is 0 Å². The third kappa shape index (κ3) is 3.30. The van der Waals surface area contributed by atoms with Crippen molar-refractivity contribution in [2.24, 2.45) is 0 Å². The van der Waals surface area contributed by atoms with E-state index in [0.717, 1.165) is 0 Å². The smallest absolute Gasteiger partial charge is 0.207 e. The van der Waals surface area contributed by atoms with Gasteiger partial charge in [-0.05, 0) is 24.1 Å². The molecule has 0 radical (unpaired) electrons. The minimum Gasteiger partial charge on any atom is -0.548 e. The fraction of sp³-hybridized carbons (Fsp3) is 0.200. The summed E-state index contributed by atoms with van der Waals surface area (Å²) in [5.74, 6) is -1.23. The maximum absolute atomic E-state index is 10.6. The minimum absolute atomic E-state index is 0.104. The normalized spacial score (nSPS) is 11.7. The summed E-state index contributed by atoms with van der Waals surface area (Å²) in [6.07, 6.45) is 0.447. The van der Waals surface area contributed by atoms with E-state index in [1.54, 1.807) is 12.1 Å². The van der Waals surface area contributed by atoms with E-state index in [2.05, 4.69) is 5.32 Å². The van der Waals surface area contributed by atoms with Gasteiger partial charge in [-0.15, -0.1) is 0 Å². The van der Waals surface area contributed by atoms with Gasteiger partial charge in [-0.25, -0.2) is 0 Å². The summed E-state index contributed by atoms with van der Waals surface area (Å²) in [6.45, 7) is 0. The summed E-state index contributed by atoms with van der Waals surface area (Å²) in [7, 11) is 0. The fourth-order valence-electron chi connectivity index (χ4n) is 1.16. The number of phenols is 1. The topological polar surface area (TPSA) is 89.5 Å². The summed E-state index contributed by atoms with van der Waals surface area (Å²) < 4.78 is 0. The van der Waals surface area contributed by atoms with Crippen molar-refractivity contribution in [3.8, 4) is 5.75 Å². The molecule has 0 bridgehead atoms. The number of nitrogens with one attached hydrogen (secondary N) is 1. The summed E-state index contributed by atoms with van der Waals surface area (Å²) in [5, 5.41) is 21.7. The number of phenolic OH excluding ortho intramolecular Hbond substituents is 1. The lowest BCUT2D eigenvalue weighted by atomic mass is 10.1. The predicted octanol–water partition coefficient (Wildman–Crippen LogP) is -1.20. The highest BCUT2D eigenvalue weighted by Gasteiger charge is 2.09. The molecule has 0 spiro atoms. The molecule has 0 heterocycles. The Bertz CT molecular complexity index is 347. The van der Waals surface area contributed by atoms with Crippen LogP contribution in [0.3, 0.4) is 0 Å². The fourth-order valence-corrected chi connectivity index (χ4v) is 1.16. The summed E-state index contributed by atoms with van der Waals surface area (Å²) in [5.41, 5.74) is 0.691. The van der Waals surface area contributed by atoms with E-state index in [4.69, 9.17) is 5.11 Å². The zero-order valence-electron chi connectivity index (χ0n) is 7.84. The van der Waals surface area contributed by atoms with E-state index >= 15 is 0 Å². The van der Waals surface area contributed by atoms with Gasteiger partial charge in [0.1, 0.15) is 5.75 Å². The molecule has 0 aliphatic heterocycles. The molecular formula is C10H10NO4-. The first-order chi connectivity index (χ1) is 7.13. The van der Waals surface area contributed by atoms with Crippen LogP contribution in [-0.4, -0.2) is 23.5 Å². The van der Waals surface area contributed by atoms with E-state index in [1.807, 2.05) is 0 Å². The van der Waals surface area contributed by atoms with Crippen molar-refractivity contribution >= 4 is 12.4 Å². The first kappa shape index (κ1) is 11.0. The van der Waals surface area contributed by atoms with Crippen molar-refractivity contribution in [2.75, 3.05) is 0 Å². The van der Waals surface area contributed by atoms with Crippen LogP contribution in [-0.2, 0) is 16.0 Å². The van der Waals surface area contributed by atoms with Gasteiger partial charge < -0.3 is 20.3 Å². The highest BCUT2D eigenvalue weighted by molar-refractivity contribution is 5.74. The van der Waals surface area contributed by atoms with E-state index in [1.165, 1.54) is 12.1 Å². The molecule has 0 saturated heterocycles. The molecule has 0 aromatic heterocycles. The number of aliphatic carboxylic acids is 1. The molecule has 2 N–H and O–H groups in total. The number of rotatable bonds is 5. The van der Waals surface area contributed by atoms with Crippen LogP contribution in [0, 0.1) is 0 Å². The van der Waals surface area contributed by atoms with Gasteiger partial charge in [-0.2, -0.15) is 0 Å². The lowest BCUT2D eigenvalue weighted by Gasteiger charge is -2.16. The third-order valence-electron chi connectivity index (χ3n) is 1.93. The number of carbonyl (C=O) groups is 2. The standard InChI is InChI=1S/C10H11NO4/c12-6-11-9(10(14)15)5-7-1-3-8(13)4-2-7/h1-4,6,9,13H,5H2,(H,11,12)(H,14,15)/p-1/t9-/m0/s1. The Hall–Kier alpha value is -2.04. The molecular weight excluding hydrogens is 198 g/mol. The van der Waals surface area contributed by atoms with Crippen LogP contribution in [0.15, 0.2) is 24.3 Å². The molecule has 1 aromatic carbocycles. The first-order valence-corrected chi connectivity index (χ1v) is 4.32. The van der Waals surface area contributed by atoms with Crippen molar-refractivity contribution in [2.45, 2.75) is 12.5 Å². The molecule has 0 aliphatic rings. The van der Waals surface area contributed by atoms with Crippen molar-refractivity contribution in [1.82, 2.24) is 5.32 Å². The second-order valence-corrected chi connectivity index (χ2v) is 3.03. The lowest BCUT2D eigenvalue weighted by molar-refractivity contribution is -0.308. The van der Waals surface area contributed by atoms with E-state index in [0.29, 0.717) is 12.0 Å². The van der Waals surface area contributed by atoms with Gasteiger partial charge in [0.05, 0.1) is 12.0 Å². The van der Waals surface area contributed by atoms with Crippen LogP contribution in [0.1, 0.15) is 5.56 Å². The van der Waals surface area contributed by atoms with Crippen molar-refractivity contribution in [1.29, 1.82) is 0 Å². The number of hydrogen-bond donors (Lipinski definition) is 2. The van der Waals surface area contributed by atoms with Gasteiger partial charge in [0.15, 0.2) is 0 Å². The second-order valence-electron chi connectivity index (χ2n) is 3.03. The number of carbonyl (C=O) groups excluding carboxylic acids is 2.